The topological polar surface area (TPSA) is 63.9 Å². The number of halogens is 3. The molecule has 2 aromatic heterocycles. The molecule has 1 aliphatic rings. The summed E-state index contributed by atoms with van der Waals surface area (Å²) in [6.07, 6.45) is 0. The highest BCUT2D eigenvalue weighted by molar-refractivity contribution is 7.13. The molecule has 32 heavy (non-hydrogen) atoms. The minimum atomic E-state index is -0.286. The molecular weight excluding hydrogens is 472 g/mol. The lowest BCUT2D eigenvalue weighted by Crippen LogP contribution is -2.41. The molecule has 4 aromatic rings. The number of carbonyl (C=O) groups is 1. The molecule has 1 atom stereocenters. The molecule has 10 heteroatoms. The van der Waals surface area contributed by atoms with Gasteiger partial charge in [-0.05, 0) is 49.4 Å². The Hall–Kier alpha value is -2.81. The van der Waals surface area contributed by atoms with E-state index in [9.17, 15) is 9.18 Å². The number of fused-ring (bicyclic) bond motifs is 1. The van der Waals surface area contributed by atoms with E-state index in [1.807, 2.05) is 16.9 Å². The second-order valence-corrected chi connectivity index (χ2v) is 9.05. The molecule has 0 bridgehead atoms. The quantitative estimate of drug-likeness (QED) is 0.370. The summed E-state index contributed by atoms with van der Waals surface area (Å²) >= 11 is 13.5. The molecule has 162 valence electrons. The molecule has 2 aromatic carbocycles. The van der Waals surface area contributed by atoms with Crippen molar-refractivity contribution in [1.29, 1.82) is 0 Å². The zero-order chi connectivity index (χ0) is 22.4. The summed E-state index contributed by atoms with van der Waals surface area (Å²) in [5.74, 6) is 0.916. The second-order valence-electron chi connectivity index (χ2n) is 7.38. The largest absolute Gasteiger partial charge is 0.327 e. The first kappa shape index (κ1) is 21.1. The average molecular weight is 488 g/mol. The van der Waals surface area contributed by atoms with Crippen LogP contribution in [-0.2, 0) is 6.54 Å². The van der Waals surface area contributed by atoms with Gasteiger partial charge in [-0.15, -0.1) is 21.5 Å². The van der Waals surface area contributed by atoms with Gasteiger partial charge in [0.1, 0.15) is 16.5 Å². The van der Waals surface area contributed by atoms with Crippen LogP contribution in [0.5, 0.6) is 0 Å². The summed E-state index contributed by atoms with van der Waals surface area (Å²) in [6.45, 7) is 2.95. The summed E-state index contributed by atoms with van der Waals surface area (Å²) in [5, 5.41) is 12.1. The van der Waals surface area contributed by atoms with E-state index < -0.39 is 0 Å². The van der Waals surface area contributed by atoms with Crippen molar-refractivity contribution in [2.45, 2.75) is 19.5 Å². The Morgan fingerprint density at radius 2 is 1.88 bits per heavy atom. The first-order valence-corrected chi connectivity index (χ1v) is 11.5. The van der Waals surface area contributed by atoms with Gasteiger partial charge < -0.3 is 9.47 Å². The molecule has 1 unspecified atom stereocenters. The summed E-state index contributed by atoms with van der Waals surface area (Å²) < 4.78 is 15.2. The number of thiazole rings is 1. The van der Waals surface area contributed by atoms with Crippen LogP contribution in [0.3, 0.4) is 0 Å². The zero-order valence-electron chi connectivity index (χ0n) is 16.8. The minimum Gasteiger partial charge on any atom is -0.327 e. The third kappa shape index (κ3) is 3.68. The summed E-state index contributed by atoms with van der Waals surface area (Å²) in [5.41, 5.74) is 2.01. The highest BCUT2D eigenvalue weighted by Crippen LogP contribution is 2.33. The number of amides is 1. The van der Waals surface area contributed by atoms with Crippen LogP contribution in [0, 0.1) is 5.82 Å². The third-order valence-electron chi connectivity index (χ3n) is 5.44. The molecular formula is C22H16Cl2FN5OS. The molecule has 0 N–H and O–H groups in total. The number of aromatic nitrogens is 4. The Labute approximate surface area is 197 Å². The molecule has 1 aliphatic heterocycles. The Morgan fingerprint density at radius 1 is 1.09 bits per heavy atom. The maximum Gasteiger partial charge on any atom is 0.254 e. The first-order valence-electron chi connectivity index (χ1n) is 9.83. The molecule has 0 aliphatic carbocycles. The molecule has 0 saturated heterocycles. The summed E-state index contributed by atoms with van der Waals surface area (Å²) in [4.78, 5) is 19.5. The van der Waals surface area contributed by atoms with Crippen LogP contribution in [0.15, 0.2) is 47.8 Å². The van der Waals surface area contributed by atoms with E-state index in [0.29, 0.717) is 46.0 Å². The van der Waals surface area contributed by atoms with Crippen LogP contribution < -0.4 is 0 Å². The van der Waals surface area contributed by atoms with Gasteiger partial charge in [0.15, 0.2) is 11.6 Å². The van der Waals surface area contributed by atoms with Crippen LogP contribution in [0.25, 0.3) is 22.1 Å². The van der Waals surface area contributed by atoms with Crippen LogP contribution in [0.4, 0.5) is 4.39 Å². The molecule has 0 fully saturated rings. The van der Waals surface area contributed by atoms with Crippen molar-refractivity contribution in [1.82, 2.24) is 24.6 Å². The predicted octanol–water partition coefficient (Wildman–Crippen LogP) is 5.73. The van der Waals surface area contributed by atoms with E-state index in [2.05, 4.69) is 15.2 Å². The smallest absolute Gasteiger partial charge is 0.254 e. The molecule has 5 rings (SSSR count). The standard InChI is InChI=1S/C22H16Cl2FN5OS/c1-12-19-27-28-20(18-11-32-21(26-18)13-2-5-15(25)6-3-13)30(19)9-8-29(12)22(31)14-4-7-16(23)17(24)10-14/h2-7,10-12H,8-9H2,1H3. The van der Waals surface area contributed by atoms with E-state index in [1.54, 1.807) is 35.2 Å². The number of benzene rings is 2. The van der Waals surface area contributed by atoms with Crippen molar-refractivity contribution in [2.24, 2.45) is 0 Å². The zero-order valence-corrected chi connectivity index (χ0v) is 19.1. The number of hydrogen-bond donors (Lipinski definition) is 0. The fourth-order valence-corrected chi connectivity index (χ4v) is 4.85. The maximum absolute atomic E-state index is 13.2. The monoisotopic (exact) mass is 487 g/mol. The molecule has 0 radical (unpaired) electrons. The number of carbonyl (C=O) groups excluding carboxylic acids is 1. The summed E-state index contributed by atoms with van der Waals surface area (Å²) in [7, 11) is 0. The van der Waals surface area contributed by atoms with Gasteiger partial charge in [0.05, 0.1) is 16.1 Å². The van der Waals surface area contributed by atoms with Crippen molar-refractivity contribution in [3.8, 4) is 22.1 Å². The van der Waals surface area contributed by atoms with Gasteiger partial charge in [0, 0.05) is 29.6 Å². The van der Waals surface area contributed by atoms with Crippen molar-refractivity contribution in [3.63, 3.8) is 0 Å². The normalized spacial score (nSPS) is 15.6. The Bertz CT molecular complexity index is 1320. The van der Waals surface area contributed by atoms with Crippen LogP contribution in [0.2, 0.25) is 10.0 Å². The Balaban J connectivity index is 1.41. The molecule has 6 nitrogen and oxygen atoms in total. The minimum absolute atomic E-state index is 0.140. The lowest BCUT2D eigenvalue weighted by Gasteiger charge is -2.33. The van der Waals surface area contributed by atoms with Gasteiger partial charge in [-0.1, -0.05) is 23.2 Å². The first-order chi connectivity index (χ1) is 15.4. The van der Waals surface area contributed by atoms with Gasteiger partial charge in [-0.3, -0.25) is 4.79 Å². The van der Waals surface area contributed by atoms with Gasteiger partial charge >= 0.3 is 0 Å². The second kappa shape index (κ2) is 8.27. The highest BCUT2D eigenvalue weighted by Gasteiger charge is 2.32. The van der Waals surface area contributed by atoms with E-state index in [-0.39, 0.29) is 17.8 Å². The van der Waals surface area contributed by atoms with Gasteiger partial charge in [-0.25, -0.2) is 9.37 Å². The molecule has 3 heterocycles. The summed E-state index contributed by atoms with van der Waals surface area (Å²) in [6, 6.07) is 10.8. The van der Waals surface area contributed by atoms with E-state index in [0.717, 1.165) is 10.6 Å². The van der Waals surface area contributed by atoms with Crippen molar-refractivity contribution < 1.29 is 9.18 Å². The Morgan fingerprint density at radius 3 is 2.62 bits per heavy atom. The van der Waals surface area contributed by atoms with Crippen molar-refractivity contribution in [2.75, 3.05) is 6.54 Å². The molecule has 0 saturated carbocycles. The predicted molar refractivity (Wildman–Crippen MR) is 122 cm³/mol. The van der Waals surface area contributed by atoms with Crippen LogP contribution >= 0.6 is 34.5 Å². The van der Waals surface area contributed by atoms with Gasteiger partial charge in [0.25, 0.3) is 5.91 Å². The average Bonchev–Trinajstić information content (AvgIpc) is 3.43. The van der Waals surface area contributed by atoms with Gasteiger partial charge in [-0.2, -0.15) is 0 Å². The number of rotatable bonds is 3. The number of nitrogens with zero attached hydrogens (tertiary/aromatic N) is 5. The molecule has 1 amide bonds. The Kier molecular flexibility index (Phi) is 5.44. The lowest BCUT2D eigenvalue weighted by atomic mass is 10.1. The lowest BCUT2D eigenvalue weighted by molar-refractivity contribution is 0.0638. The van der Waals surface area contributed by atoms with E-state index >= 15 is 0 Å². The van der Waals surface area contributed by atoms with Crippen LogP contribution in [0.1, 0.15) is 29.1 Å². The number of hydrogen-bond acceptors (Lipinski definition) is 5. The van der Waals surface area contributed by atoms with Crippen molar-refractivity contribution >= 4 is 40.4 Å². The fraction of sp³-hybridized carbons (Fsp3) is 0.182. The van der Waals surface area contributed by atoms with Crippen molar-refractivity contribution in [3.05, 3.63) is 75.1 Å². The SMILES string of the molecule is CC1c2nnc(-c3csc(-c4ccc(F)cc4)n3)n2CCN1C(=O)c1ccc(Cl)c(Cl)c1. The van der Waals surface area contributed by atoms with Gasteiger partial charge in [0.2, 0.25) is 0 Å². The molecule has 0 spiro atoms. The van der Waals surface area contributed by atoms with Crippen LogP contribution in [-0.4, -0.2) is 37.1 Å². The highest BCUT2D eigenvalue weighted by atomic mass is 35.5. The third-order valence-corrected chi connectivity index (χ3v) is 7.07. The fourth-order valence-electron chi connectivity index (χ4n) is 3.75. The maximum atomic E-state index is 13.2. The van der Waals surface area contributed by atoms with E-state index in [4.69, 9.17) is 23.2 Å². The van der Waals surface area contributed by atoms with E-state index in [1.165, 1.54) is 23.5 Å².